The first-order chi connectivity index (χ1) is 18.4. The van der Waals surface area contributed by atoms with Crippen LogP contribution in [0.1, 0.15) is 18.9 Å². The Kier molecular flexibility index (Phi) is 8.39. The molecule has 4 heterocycles. The van der Waals surface area contributed by atoms with E-state index in [1.807, 2.05) is 30.3 Å². The Morgan fingerprint density at radius 1 is 1.26 bits per heavy atom. The third-order valence-electron chi connectivity index (χ3n) is 8.28. The quantitative estimate of drug-likeness (QED) is 0.295. The molecule has 208 valence electrons. The number of esters is 1. The van der Waals surface area contributed by atoms with Crippen LogP contribution in [0.5, 0.6) is 0 Å². The highest BCUT2D eigenvalue weighted by Gasteiger charge is 2.77. The molecule has 5 rings (SSSR count). The van der Waals surface area contributed by atoms with Gasteiger partial charge in [-0.1, -0.05) is 46.3 Å². The number of aliphatic hydroxyl groups is 1. The zero-order valence-electron chi connectivity index (χ0n) is 21.6. The van der Waals surface area contributed by atoms with Crippen molar-refractivity contribution in [3.63, 3.8) is 0 Å². The average Bonchev–Trinajstić information content (AvgIpc) is 3.52. The van der Waals surface area contributed by atoms with Gasteiger partial charge in [-0.3, -0.25) is 19.3 Å². The molecule has 4 fully saturated rings. The Morgan fingerprint density at radius 3 is 2.68 bits per heavy atom. The minimum Gasteiger partial charge on any atom is -0.466 e. The van der Waals surface area contributed by atoms with Crippen LogP contribution in [0.3, 0.4) is 0 Å². The first-order valence-electron chi connectivity index (χ1n) is 13.4. The smallest absolute Gasteiger partial charge is 0.312 e. The molecule has 4 aliphatic rings. The van der Waals surface area contributed by atoms with Crippen molar-refractivity contribution in [2.45, 2.75) is 48.4 Å². The summed E-state index contributed by atoms with van der Waals surface area (Å²) >= 11 is 3.65. The molecule has 0 saturated carbocycles. The molecule has 1 aromatic carbocycles. The van der Waals surface area contributed by atoms with Crippen LogP contribution in [0.4, 0.5) is 0 Å². The molecular weight excluding hydrogens is 558 g/mol. The van der Waals surface area contributed by atoms with E-state index < -0.39 is 41.6 Å². The van der Waals surface area contributed by atoms with E-state index >= 15 is 0 Å². The van der Waals surface area contributed by atoms with Gasteiger partial charge in [0.05, 0.1) is 50.4 Å². The summed E-state index contributed by atoms with van der Waals surface area (Å²) in [5.74, 6) is -2.82. The van der Waals surface area contributed by atoms with Gasteiger partial charge < -0.3 is 29.5 Å². The largest absolute Gasteiger partial charge is 0.466 e. The van der Waals surface area contributed by atoms with E-state index in [2.05, 4.69) is 26.1 Å². The fourth-order valence-corrected chi connectivity index (χ4v) is 7.61. The number of nitrogens with one attached hydrogen (secondary N) is 1. The minimum atomic E-state index is -1.18. The summed E-state index contributed by atoms with van der Waals surface area (Å²) in [7, 11) is 0. The Morgan fingerprint density at radius 2 is 2.00 bits per heavy atom. The second kappa shape index (κ2) is 11.6. The van der Waals surface area contributed by atoms with Gasteiger partial charge in [-0.15, -0.1) is 0 Å². The van der Waals surface area contributed by atoms with E-state index in [4.69, 9.17) is 14.2 Å². The molecule has 0 radical (unpaired) electrons. The van der Waals surface area contributed by atoms with Crippen LogP contribution >= 0.6 is 15.9 Å². The summed E-state index contributed by atoms with van der Waals surface area (Å²) in [6.45, 7) is 5.59. The maximum Gasteiger partial charge on any atom is 0.312 e. The molecule has 1 spiro atoms. The number of hydrogen-bond donors (Lipinski definition) is 2. The first kappa shape index (κ1) is 27.5. The SMILES string of the molecule is CCOC(=O)[C@H]1[C@@H]2O[C@@]3(CC2Br)[C@@H]1C(=O)N([C@@H](CO)Cc1ccccc1)[C@@H]3C(=O)NCCN1CCOCC1. The number of rotatable bonds is 10. The van der Waals surface area contributed by atoms with Gasteiger partial charge in [-0.05, 0) is 25.3 Å². The molecule has 0 aliphatic carbocycles. The van der Waals surface area contributed by atoms with Gasteiger partial charge in [0.1, 0.15) is 11.6 Å². The lowest BCUT2D eigenvalue weighted by molar-refractivity contribution is -0.155. The third kappa shape index (κ3) is 4.88. The van der Waals surface area contributed by atoms with Crippen LogP contribution in [0.15, 0.2) is 30.3 Å². The Labute approximate surface area is 231 Å². The highest BCUT2D eigenvalue weighted by Crippen LogP contribution is 2.60. The van der Waals surface area contributed by atoms with Crippen molar-refractivity contribution in [2.24, 2.45) is 11.8 Å². The Hall–Kier alpha value is -2.05. The number of morpholine rings is 1. The maximum atomic E-state index is 14.1. The zero-order valence-corrected chi connectivity index (χ0v) is 23.2. The van der Waals surface area contributed by atoms with Gasteiger partial charge >= 0.3 is 5.97 Å². The lowest BCUT2D eigenvalue weighted by atomic mass is 9.70. The molecule has 11 heteroatoms. The Balaban J connectivity index is 1.44. The molecular formula is C27H36BrN3O7. The van der Waals surface area contributed by atoms with Crippen molar-refractivity contribution in [3.05, 3.63) is 35.9 Å². The summed E-state index contributed by atoms with van der Waals surface area (Å²) in [5.41, 5.74) is -0.244. The fraction of sp³-hybridized carbons (Fsp3) is 0.667. The van der Waals surface area contributed by atoms with Crippen LogP contribution in [0.2, 0.25) is 0 Å². The number of aliphatic hydroxyl groups excluding tert-OH is 1. The van der Waals surface area contributed by atoms with Crippen molar-refractivity contribution >= 4 is 33.7 Å². The third-order valence-corrected chi connectivity index (χ3v) is 9.13. The van der Waals surface area contributed by atoms with Gasteiger partial charge in [-0.25, -0.2) is 0 Å². The van der Waals surface area contributed by atoms with Crippen molar-refractivity contribution in [1.82, 2.24) is 15.1 Å². The number of carbonyl (C=O) groups excluding carboxylic acids is 3. The van der Waals surface area contributed by atoms with Crippen LogP contribution in [0, 0.1) is 11.8 Å². The van der Waals surface area contributed by atoms with Crippen molar-refractivity contribution < 1.29 is 33.7 Å². The average molecular weight is 595 g/mol. The molecule has 1 unspecified atom stereocenters. The van der Waals surface area contributed by atoms with E-state index in [1.54, 1.807) is 6.92 Å². The molecule has 0 aromatic heterocycles. The maximum absolute atomic E-state index is 14.1. The van der Waals surface area contributed by atoms with E-state index in [0.717, 1.165) is 18.7 Å². The van der Waals surface area contributed by atoms with Crippen LogP contribution < -0.4 is 5.32 Å². The molecule has 4 saturated heterocycles. The molecule has 38 heavy (non-hydrogen) atoms. The summed E-state index contributed by atoms with van der Waals surface area (Å²) < 4.78 is 17.2. The highest BCUT2D eigenvalue weighted by atomic mass is 79.9. The van der Waals surface area contributed by atoms with Gasteiger partial charge in [0.2, 0.25) is 11.8 Å². The summed E-state index contributed by atoms with van der Waals surface area (Å²) in [6.07, 6.45) is 0.218. The van der Waals surface area contributed by atoms with Crippen molar-refractivity contribution in [1.29, 1.82) is 0 Å². The lowest BCUT2D eigenvalue weighted by Gasteiger charge is -2.37. The van der Waals surface area contributed by atoms with E-state index in [-0.39, 0.29) is 29.9 Å². The number of fused-ring (bicyclic) bond motifs is 1. The van der Waals surface area contributed by atoms with E-state index in [9.17, 15) is 19.5 Å². The van der Waals surface area contributed by atoms with Crippen LogP contribution in [-0.2, 0) is 35.0 Å². The summed E-state index contributed by atoms with van der Waals surface area (Å²) in [6, 6.07) is 7.93. The number of alkyl halides is 1. The second-order valence-corrected chi connectivity index (χ2v) is 11.6. The number of hydrogen-bond acceptors (Lipinski definition) is 8. The molecule has 1 aromatic rings. The number of benzene rings is 1. The monoisotopic (exact) mass is 593 g/mol. The predicted octanol–water partition coefficient (Wildman–Crippen LogP) is 0.350. The first-order valence-corrected chi connectivity index (χ1v) is 14.4. The van der Waals surface area contributed by atoms with Crippen molar-refractivity contribution in [3.8, 4) is 0 Å². The minimum absolute atomic E-state index is 0.186. The predicted molar refractivity (Wildman–Crippen MR) is 140 cm³/mol. The lowest BCUT2D eigenvalue weighted by Crippen LogP contribution is -2.59. The number of ether oxygens (including phenoxy) is 3. The Bertz CT molecular complexity index is 1020. The molecule has 2 bridgehead atoms. The topological polar surface area (TPSA) is 118 Å². The van der Waals surface area contributed by atoms with Crippen molar-refractivity contribution in [2.75, 3.05) is 52.6 Å². The highest BCUT2D eigenvalue weighted by molar-refractivity contribution is 9.09. The molecule has 2 amide bonds. The number of halogens is 1. The summed E-state index contributed by atoms with van der Waals surface area (Å²) in [5, 5.41) is 13.5. The second-order valence-electron chi connectivity index (χ2n) is 10.4. The zero-order chi connectivity index (χ0) is 26.9. The normalized spacial score (nSPS) is 33.3. The summed E-state index contributed by atoms with van der Waals surface area (Å²) in [4.78, 5) is 44.6. The number of likely N-dealkylation sites (tertiary alicyclic amines) is 1. The molecule has 10 nitrogen and oxygen atoms in total. The molecule has 7 atom stereocenters. The van der Waals surface area contributed by atoms with Gasteiger partial charge in [0, 0.05) is 31.0 Å². The number of nitrogens with zero attached hydrogens (tertiary/aromatic N) is 2. The van der Waals surface area contributed by atoms with Gasteiger partial charge in [-0.2, -0.15) is 0 Å². The number of carbonyl (C=O) groups is 3. The van der Waals surface area contributed by atoms with Gasteiger partial charge in [0.25, 0.3) is 0 Å². The standard InChI is InChI=1S/C27H36BrN3O7/c1-2-37-26(35)20-21-25(34)31(18(16-32)14-17-6-4-3-5-7-17)23(27(21)15-19(28)22(20)38-27)24(33)29-8-9-30-10-12-36-13-11-30/h3-7,18-23,32H,2,8-16H2,1H3,(H,29,33)/t18-,19?,20-,21+,22-,23-,27+/m1/s1. The van der Waals surface area contributed by atoms with Gasteiger partial charge in [0.15, 0.2) is 0 Å². The van der Waals surface area contributed by atoms with E-state index in [1.165, 1.54) is 4.90 Å². The van der Waals surface area contributed by atoms with Crippen LogP contribution in [0.25, 0.3) is 0 Å². The number of amides is 2. The van der Waals surface area contributed by atoms with Crippen LogP contribution in [-0.4, -0.2) is 114 Å². The van der Waals surface area contributed by atoms with E-state index in [0.29, 0.717) is 39.1 Å². The fourth-order valence-electron chi connectivity index (χ4n) is 6.66. The molecule has 2 N–H and O–H groups in total. The molecule has 4 aliphatic heterocycles.